The number of aliphatic hydroxyl groups excluding tert-OH is 1. The number of carbonyl (C=O) groups is 1. The van der Waals surface area contributed by atoms with E-state index in [1.807, 2.05) is 0 Å². The van der Waals surface area contributed by atoms with Crippen molar-refractivity contribution in [3.05, 3.63) is 0 Å². The lowest BCUT2D eigenvalue weighted by molar-refractivity contribution is -0.151. The van der Waals surface area contributed by atoms with Gasteiger partial charge in [0.15, 0.2) is 5.66 Å². The Balaban J connectivity index is 1.58. The molecule has 4 aliphatic carbocycles. The zero-order chi connectivity index (χ0) is 19.4. The van der Waals surface area contributed by atoms with Crippen LogP contribution in [0.15, 0.2) is 10.2 Å². The molecular weight excluding hydrogens is 312 g/mol. The Hall–Kier alpha value is -0.770. The van der Waals surface area contributed by atoms with E-state index in [1.54, 1.807) is 6.92 Å². The molecule has 0 aromatic heterocycles. The number of carbonyl (C=O) groups excluding carboxylic acids is 1. The van der Waals surface area contributed by atoms with Gasteiger partial charge in [-0.1, -0.05) is 13.8 Å². The smallest absolute Gasteiger partial charge is 0.195 e. The number of nitrogens with zero attached hydrogens (tertiary/aromatic N) is 2. The third kappa shape index (κ3) is 2.01. The van der Waals surface area contributed by atoms with Crippen LogP contribution in [0.5, 0.6) is 0 Å². The Bertz CT molecular complexity index is 723. The van der Waals surface area contributed by atoms with Crippen LogP contribution in [-0.4, -0.2) is 22.7 Å². The number of hydrogen-bond acceptors (Lipinski definition) is 4. The number of fused-ring (bicyclic) bond motifs is 6. The molecule has 0 bridgehead atoms. The van der Waals surface area contributed by atoms with Crippen molar-refractivity contribution in [2.45, 2.75) is 83.9 Å². The van der Waals surface area contributed by atoms with Crippen molar-refractivity contribution in [2.24, 2.45) is 50.6 Å². The first-order valence-corrected chi connectivity index (χ1v) is 10.1. The summed E-state index contributed by atoms with van der Waals surface area (Å²) in [5.74, 6) is 0.579. The Morgan fingerprint density at radius 2 is 1.92 bits per heavy atom. The molecule has 0 unspecified atom stereocenters. The maximum atomic E-state index is 12.4. The molecule has 4 saturated carbocycles. The Morgan fingerprint density at radius 1 is 1.16 bits per heavy atom. The fourth-order valence-corrected chi connectivity index (χ4v) is 7.91. The zero-order valence-corrected chi connectivity index (χ0v) is 15.7. The van der Waals surface area contributed by atoms with E-state index in [0.717, 1.165) is 32.1 Å². The van der Waals surface area contributed by atoms with Crippen LogP contribution in [0.2, 0.25) is 0 Å². The number of ketones is 1. The van der Waals surface area contributed by atoms with E-state index in [2.05, 4.69) is 24.1 Å². The second kappa shape index (κ2) is 4.94. The predicted molar refractivity (Wildman–Crippen MR) is 94.9 cm³/mol. The summed E-state index contributed by atoms with van der Waals surface area (Å²) in [5.41, 5.74) is -0.832. The van der Waals surface area contributed by atoms with E-state index in [-0.39, 0.29) is 22.7 Å². The fraction of sp³-hybridized carbons (Fsp3) is 0.952. The highest BCUT2D eigenvalue weighted by Crippen LogP contribution is 2.73. The maximum Gasteiger partial charge on any atom is 0.195 e. The molecule has 1 heterocycles. The van der Waals surface area contributed by atoms with E-state index in [9.17, 15) is 11.3 Å². The molecule has 0 radical (unpaired) electrons. The number of aliphatic hydroxyl groups is 1. The number of rotatable bonds is 1. The second-order valence-corrected chi connectivity index (χ2v) is 10.0. The molecule has 1 spiro atoms. The second-order valence-electron chi connectivity index (χ2n) is 10.0. The van der Waals surface area contributed by atoms with Gasteiger partial charge in [-0.15, -0.1) is 0 Å². The van der Waals surface area contributed by atoms with Crippen LogP contribution in [0, 0.1) is 40.4 Å². The SMILES string of the molecule is [3H][C@@H]1[C@H](O)CC[C@]2(C)[C@@H]3[C@@H](CC[C@@]12[3H])[C@@H]1CC[C@H](C(C)=O)[C@@]1(C)CC31N=N1. The van der Waals surface area contributed by atoms with Crippen molar-refractivity contribution < 1.29 is 12.6 Å². The van der Waals surface area contributed by atoms with Gasteiger partial charge in [0, 0.05) is 21.0 Å². The van der Waals surface area contributed by atoms with Gasteiger partial charge in [0.2, 0.25) is 0 Å². The lowest BCUT2D eigenvalue weighted by Gasteiger charge is -2.62. The van der Waals surface area contributed by atoms with Gasteiger partial charge in [0.05, 0.1) is 6.10 Å². The zero-order valence-electron chi connectivity index (χ0n) is 17.7. The highest BCUT2D eigenvalue weighted by Gasteiger charge is 2.71. The summed E-state index contributed by atoms with van der Waals surface area (Å²) in [7, 11) is 0. The van der Waals surface area contributed by atoms with Gasteiger partial charge in [0.1, 0.15) is 5.78 Å². The molecule has 5 aliphatic rings. The van der Waals surface area contributed by atoms with E-state index in [1.165, 1.54) is 0 Å². The summed E-state index contributed by atoms with van der Waals surface area (Å²) >= 11 is 0. The summed E-state index contributed by atoms with van der Waals surface area (Å²) < 4.78 is 17.9. The van der Waals surface area contributed by atoms with E-state index < -0.39 is 24.1 Å². The molecule has 1 N–H and O–H groups in total. The largest absolute Gasteiger partial charge is 0.393 e. The summed E-state index contributed by atoms with van der Waals surface area (Å²) in [4.78, 5) is 12.4. The lowest BCUT2D eigenvalue weighted by Crippen LogP contribution is -2.60. The van der Waals surface area contributed by atoms with Crippen molar-refractivity contribution in [1.82, 2.24) is 0 Å². The van der Waals surface area contributed by atoms with Crippen molar-refractivity contribution >= 4 is 5.78 Å². The third-order valence-electron chi connectivity index (χ3n) is 8.86. The van der Waals surface area contributed by atoms with Gasteiger partial charge in [-0.2, -0.15) is 10.2 Å². The Morgan fingerprint density at radius 3 is 2.60 bits per heavy atom. The quantitative estimate of drug-likeness (QED) is 0.765. The normalized spacial score (nSPS) is 62.4. The van der Waals surface area contributed by atoms with Crippen molar-refractivity contribution in [3.8, 4) is 0 Å². The first-order valence-electron chi connectivity index (χ1n) is 11.2. The topological polar surface area (TPSA) is 62.0 Å². The monoisotopic (exact) mass is 348 g/mol. The number of Topliss-reactive ketones (excluding diaryl/α,β-unsaturated/α-hetero) is 1. The average Bonchev–Trinajstić information content (AvgIpc) is 3.25. The minimum Gasteiger partial charge on any atom is -0.393 e. The minimum absolute atomic E-state index is 0.0383. The van der Waals surface area contributed by atoms with Crippen LogP contribution in [0.25, 0.3) is 0 Å². The van der Waals surface area contributed by atoms with E-state index in [0.29, 0.717) is 30.5 Å². The van der Waals surface area contributed by atoms with Crippen LogP contribution in [0.3, 0.4) is 0 Å². The first kappa shape index (κ1) is 14.3. The van der Waals surface area contributed by atoms with Crippen LogP contribution >= 0.6 is 0 Å². The molecule has 4 nitrogen and oxygen atoms in total. The molecule has 25 heavy (non-hydrogen) atoms. The summed E-state index contributed by atoms with van der Waals surface area (Å²) in [6.45, 7) is 6.22. The molecule has 0 saturated heterocycles. The van der Waals surface area contributed by atoms with E-state index >= 15 is 0 Å². The molecule has 4 heteroatoms. The van der Waals surface area contributed by atoms with Crippen molar-refractivity contribution in [3.63, 3.8) is 0 Å². The summed E-state index contributed by atoms with van der Waals surface area (Å²) in [6, 6.07) is 0. The number of hydrogen-bond donors (Lipinski definition) is 1. The van der Waals surface area contributed by atoms with Gasteiger partial charge in [-0.3, -0.25) is 4.79 Å². The van der Waals surface area contributed by atoms with Gasteiger partial charge in [-0.05, 0) is 80.4 Å². The van der Waals surface area contributed by atoms with E-state index in [4.69, 9.17) is 1.37 Å². The molecule has 9 atom stereocenters. The molecule has 5 rings (SSSR count). The predicted octanol–water partition coefficient (Wildman–Crippen LogP) is 4.37. The third-order valence-corrected chi connectivity index (χ3v) is 8.86. The molecule has 4 fully saturated rings. The molecular formula is C21H32N2O2. The lowest BCUT2D eigenvalue weighted by atomic mass is 9.42. The Labute approximate surface area is 153 Å². The summed E-state index contributed by atoms with van der Waals surface area (Å²) in [5, 5.41) is 19.5. The minimum atomic E-state index is -0.932. The molecule has 0 aromatic rings. The van der Waals surface area contributed by atoms with Crippen molar-refractivity contribution in [2.75, 3.05) is 0 Å². The van der Waals surface area contributed by atoms with Gasteiger partial charge >= 0.3 is 0 Å². The molecule has 0 aromatic carbocycles. The average molecular weight is 349 g/mol. The van der Waals surface area contributed by atoms with Crippen LogP contribution in [-0.2, 0) is 4.79 Å². The van der Waals surface area contributed by atoms with Crippen LogP contribution < -0.4 is 0 Å². The van der Waals surface area contributed by atoms with Crippen molar-refractivity contribution in [1.29, 1.82) is 0 Å². The fourth-order valence-electron chi connectivity index (χ4n) is 7.91. The Kier molecular flexibility index (Phi) is 2.82. The molecule has 0 amide bonds. The van der Waals surface area contributed by atoms with Gasteiger partial charge in [0.25, 0.3) is 0 Å². The van der Waals surface area contributed by atoms with Crippen LogP contribution in [0.4, 0.5) is 0 Å². The van der Waals surface area contributed by atoms with Gasteiger partial charge < -0.3 is 5.11 Å². The molecule has 138 valence electrons. The standard InChI is InChI=1S/C21H32N2O2/c1-12(24)16-6-7-17-15-5-4-13-10-14(25)8-9-19(13,2)18(15)21(22-23-21)11-20(16,17)3/h13-18,25H,4-11H2,1-3H3/t13-,14+,15-,16+,17-,18-,19-,20+/m0/s1/i10T,13T/t10-,13-,14+,15-,16+,17-,18-,19-,20+. The first-order chi connectivity index (χ1) is 12.6. The highest BCUT2D eigenvalue weighted by atomic mass is 16.3. The van der Waals surface area contributed by atoms with Gasteiger partial charge in [-0.25, -0.2) is 0 Å². The maximum absolute atomic E-state index is 12.4. The molecule has 1 aliphatic heterocycles. The highest BCUT2D eigenvalue weighted by molar-refractivity contribution is 5.79. The summed E-state index contributed by atoms with van der Waals surface area (Å²) in [6.07, 6.45) is 4.39. The van der Waals surface area contributed by atoms with Crippen LogP contribution in [0.1, 0.15) is 74.9 Å².